The summed E-state index contributed by atoms with van der Waals surface area (Å²) >= 11 is 0. The lowest BCUT2D eigenvalue weighted by Gasteiger charge is -2.24. The van der Waals surface area contributed by atoms with E-state index in [-0.39, 0.29) is 5.41 Å². The van der Waals surface area contributed by atoms with Crippen LogP contribution in [0.15, 0.2) is 194 Å². The third-order valence-electron chi connectivity index (χ3n) is 12.2. The fraction of sp³-hybridized carbons (Fsp3) is 0.0545. The number of rotatable bonds is 4. The van der Waals surface area contributed by atoms with E-state index in [9.17, 15) is 0 Å². The van der Waals surface area contributed by atoms with Crippen LogP contribution in [0, 0.1) is 0 Å². The maximum absolute atomic E-state index is 2.46. The molecule has 1 aliphatic rings. The van der Waals surface area contributed by atoms with Crippen molar-refractivity contribution in [2.24, 2.45) is 0 Å². The number of benzene rings is 10. The zero-order valence-electron chi connectivity index (χ0n) is 31.0. The second kappa shape index (κ2) is 12.1. The van der Waals surface area contributed by atoms with Crippen molar-refractivity contribution in [2.75, 3.05) is 0 Å². The lowest BCUT2D eigenvalue weighted by atomic mass is 9.79. The SMILES string of the molecule is CC1(C)c2cc(-c3ccc(-c4c5ccccc5c(-c5ccccc5)c5c4ccc4ccccc45)c(-c4ccccc4)c3)ccc2-c2ccc3ccccc3c21. The average molecular weight is 699 g/mol. The van der Waals surface area contributed by atoms with E-state index >= 15 is 0 Å². The quantitative estimate of drug-likeness (QED) is 0.127. The van der Waals surface area contributed by atoms with Crippen molar-refractivity contribution < 1.29 is 0 Å². The highest BCUT2D eigenvalue weighted by molar-refractivity contribution is 6.28. The molecular formula is C55H38. The lowest BCUT2D eigenvalue weighted by molar-refractivity contribution is 0.666. The summed E-state index contributed by atoms with van der Waals surface area (Å²) < 4.78 is 0. The predicted molar refractivity (Wildman–Crippen MR) is 236 cm³/mol. The monoisotopic (exact) mass is 698 g/mol. The molecule has 0 unspecified atom stereocenters. The number of hydrogen-bond donors (Lipinski definition) is 0. The Balaban J connectivity index is 1.17. The molecule has 0 spiro atoms. The summed E-state index contributed by atoms with van der Waals surface area (Å²) in [5.74, 6) is 0. The molecule has 0 aliphatic heterocycles. The Morgan fingerprint density at radius 1 is 0.309 bits per heavy atom. The minimum atomic E-state index is -0.120. The zero-order chi connectivity index (χ0) is 36.7. The molecule has 0 saturated carbocycles. The molecule has 0 saturated heterocycles. The summed E-state index contributed by atoms with van der Waals surface area (Å²) in [6.45, 7) is 4.79. The Bertz CT molecular complexity index is 3150. The van der Waals surface area contributed by atoms with E-state index < -0.39 is 0 Å². The van der Waals surface area contributed by atoms with Crippen molar-refractivity contribution in [2.45, 2.75) is 19.3 Å². The fourth-order valence-corrected chi connectivity index (χ4v) is 9.72. The highest BCUT2D eigenvalue weighted by Gasteiger charge is 2.37. The van der Waals surface area contributed by atoms with Crippen LogP contribution in [0.1, 0.15) is 25.0 Å². The number of hydrogen-bond acceptors (Lipinski definition) is 0. The van der Waals surface area contributed by atoms with Gasteiger partial charge in [0.2, 0.25) is 0 Å². The van der Waals surface area contributed by atoms with Crippen LogP contribution in [0.4, 0.5) is 0 Å². The topological polar surface area (TPSA) is 0 Å². The Kier molecular flexibility index (Phi) is 7.00. The molecule has 11 rings (SSSR count). The molecule has 0 bridgehead atoms. The smallest absolute Gasteiger partial charge is 0.0165 e. The van der Waals surface area contributed by atoms with Crippen LogP contribution in [0.2, 0.25) is 0 Å². The first-order valence-corrected chi connectivity index (χ1v) is 19.4. The maximum atomic E-state index is 2.46. The molecular weight excluding hydrogens is 661 g/mol. The molecule has 1 aliphatic carbocycles. The van der Waals surface area contributed by atoms with Gasteiger partial charge in [0, 0.05) is 5.41 Å². The van der Waals surface area contributed by atoms with E-state index in [4.69, 9.17) is 0 Å². The molecule has 10 aromatic carbocycles. The van der Waals surface area contributed by atoms with Crippen LogP contribution >= 0.6 is 0 Å². The Morgan fingerprint density at radius 2 is 0.836 bits per heavy atom. The molecule has 0 aromatic heterocycles. The van der Waals surface area contributed by atoms with E-state index in [1.54, 1.807) is 0 Å². The van der Waals surface area contributed by atoms with Gasteiger partial charge in [0.15, 0.2) is 0 Å². The van der Waals surface area contributed by atoms with Gasteiger partial charge >= 0.3 is 0 Å². The van der Waals surface area contributed by atoms with Gasteiger partial charge in [-0.15, -0.1) is 0 Å². The van der Waals surface area contributed by atoms with Crippen molar-refractivity contribution in [1.82, 2.24) is 0 Å². The summed E-state index contributed by atoms with van der Waals surface area (Å²) in [7, 11) is 0. The first-order valence-electron chi connectivity index (χ1n) is 19.4. The van der Waals surface area contributed by atoms with Crippen molar-refractivity contribution in [3.05, 3.63) is 205 Å². The molecule has 0 nitrogen and oxygen atoms in total. The first kappa shape index (κ1) is 31.7. The summed E-state index contributed by atoms with van der Waals surface area (Å²) in [4.78, 5) is 0. The van der Waals surface area contributed by atoms with E-state index in [1.807, 2.05) is 0 Å². The van der Waals surface area contributed by atoms with Crippen molar-refractivity contribution >= 4 is 43.1 Å². The van der Waals surface area contributed by atoms with Gasteiger partial charge in [-0.3, -0.25) is 0 Å². The molecule has 0 amide bonds. The van der Waals surface area contributed by atoms with Crippen LogP contribution in [0.25, 0.3) is 98.7 Å². The zero-order valence-corrected chi connectivity index (χ0v) is 31.0. The third-order valence-corrected chi connectivity index (χ3v) is 12.2. The minimum absolute atomic E-state index is 0.120. The van der Waals surface area contributed by atoms with Crippen molar-refractivity contribution in [1.29, 1.82) is 0 Å². The first-order chi connectivity index (χ1) is 27.1. The van der Waals surface area contributed by atoms with Crippen LogP contribution in [0.3, 0.4) is 0 Å². The fourth-order valence-electron chi connectivity index (χ4n) is 9.72. The third kappa shape index (κ3) is 4.78. The van der Waals surface area contributed by atoms with E-state index in [0.29, 0.717) is 0 Å². The Morgan fingerprint density at radius 3 is 1.56 bits per heavy atom. The van der Waals surface area contributed by atoms with Gasteiger partial charge < -0.3 is 0 Å². The normalized spacial score (nSPS) is 13.1. The van der Waals surface area contributed by atoms with Gasteiger partial charge in [0.1, 0.15) is 0 Å². The molecule has 0 radical (unpaired) electrons. The molecule has 258 valence electrons. The molecule has 0 atom stereocenters. The van der Waals surface area contributed by atoms with Crippen LogP contribution in [-0.2, 0) is 5.41 Å². The molecule has 0 fully saturated rings. The van der Waals surface area contributed by atoms with Gasteiger partial charge in [-0.1, -0.05) is 196 Å². The summed E-state index contributed by atoms with van der Waals surface area (Å²) in [5.41, 5.74) is 15.4. The predicted octanol–water partition coefficient (Wildman–Crippen LogP) is 15.3. The minimum Gasteiger partial charge on any atom is -0.0622 e. The summed E-state index contributed by atoms with van der Waals surface area (Å²) in [6.07, 6.45) is 0. The van der Waals surface area contributed by atoms with Gasteiger partial charge in [0.05, 0.1) is 0 Å². The second-order valence-electron chi connectivity index (χ2n) is 15.6. The summed E-state index contributed by atoms with van der Waals surface area (Å²) in [6, 6.07) is 72.1. The molecule has 10 aromatic rings. The Hall–Kier alpha value is -6.76. The maximum Gasteiger partial charge on any atom is 0.0165 e. The largest absolute Gasteiger partial charge is 0.0622 e. The van der Waals surface area contributed by atoms with Gasteiger partial charge in [-0.2, -0.15) is 0 Å². The van der Waals surface area contributed by atoms with Crippen LogP contribution in [0.5, 0.6) is 0 Å². The molecule has 0 heteroatoms. The molecule has 0 heterocycles. The van der Waals surface area contributed by atoms with Crippen LogP contribution < -0.4 is 0 Å². The van der Waals surface area contributed by atoms with Gasteiger partial charge in [0.25, 0.3) is 0 Å². The van der Waals surface area contributed by atoms with Gasteiger partial charge in [-0.05, 0) is 122 Å². The standard InChI is InChI=1S/C55H38/c1-55(2)50-34-40(27-29-43(50)47-31-25-37-18-10-12-22-42(37)54(47)55)39-28-30-46(49(33-39)35-15-5-3-6-16-35)52-45-24-14-13-23-44(45)51(38-19-7-4-8-20-38)53-41-21-11-9-17-36(41)26-32-48(52)53/h3-34H,1-2H3. The van der Waals surface area contributed by atoms with E-state index in [2.05, 4.69) is 208 Å². The average Bonchev–Trinajstić information content (AvgIpc) is 3.48. The highest BCUT2D eigenvalue weighted by atomic mass is 14.4. The van der Waals surface area contributed by atoms with Crippen LogP contribution in [-0.4, -0.2) is 0 Å². The Labute approximate surface area is 322 Å². The van der Waals surface area contributed by atoms with Crippen molar-refractivity contribution in [3.63, 3.8) is 0 Å². The molecule has 0 N–H and O–H groups in total. The molecule has 55 heavy (non-hydrogen) atoms. The van der Waals surface area contributed by atoms with E-state index in [0.717, 1.165) is 0 Å². The highest BCUT2D eigenvalue weighted by Crippen LogP contribution is 2.53. The van der Waals surface area contributed by atoms with Gasteiger partial charge in [-0.25, -0.2) is 0 Å². The number of fused-ring (bicyclic) bond motifs is 9. The lowest BCUT2D eigenvalue weighted by Crippen LogP contribution is -2.15. The van der Waals surface area contributed by atoms with E-state index in [1.165, 1.54) is 110 Å². The van der Waals surface area contributed by atoms with Crippen molar-refractivity contribution in [3.8, 4) is 55.6 Å². The second-order valence-corrected chi connectivity index (χ2v) is 15.6. The summed E-state index contributed by atoms with van der Waals surface area (Å²) in [5, 5.41) is 10.3.